The first-order valence-corrected chi connectivity index (χ1v) is 7.50. The van der Waals surface area contributed by atoms with Crippen LogP contribution in [0.5, 0.6) is 5.88 Å². The molecule has 0 fully saturated rings. The fourth-order valence-electron chi connectivity index (χ4n) is 2.52. The Morgan fingerprint density at radius 2 is 2.08 bits per heavy atom. The molecule has 0 radical (unpaired) electrons. The van der Waals surface area contributed by atoms with Crippen LogP contribution in [-0.2, 0) is 6.18 Å². The second kappa shape index (κ2) is 5.73. The van der Waals surface area contributed by atoms with Crippen LogP contribution in [0.25, 0.3) is 28.2 Å². The molecule has 4 aromatic heterocycles. The van der Waals surface area contributed by atoms with Crippen molar-refractivity contribution in [3.8, 4) is 23.1 Å². The van der Waals surface area contributed by atoms with Gasteiger partial charge in [-0.25, -0.2) is 15.0 Å². The lowest BCUT2D eigenvalue weighted by Gasteiger charge is -2.04. The van der Waals surface area contributed by atoms with Crippen LogP contribution in [0, 0.1) is 0 Å². The molecule has 0 unspecified atom stereocenters. The molecule has 4 rings (SSSR count). The number of ether oxygens (including phenoxy) is 1. The van der Waals surface area contributed by atoms with E-state index in [1.165, 1.54) is 19.6 Å². The summed E-state index contributed by atoms with van der Waals surface area (Å²) in [4.78, 5) is 14.8. The van der Waals surface area contributed by atoms with Crippen molar-refractivity contribution in [3.63, 3.8) is 0 Å². The van der Waals surface area contributed by atoms with E-state index in [0.29, 0.717) is 16.7 Å². The number of rotatable bonds is 3. The van der Waals surface area contributed by atoms with Gasteiger partial charge in [0.25, 0.3) is 5.82 Å². The zero-order valence-corrected chi connectivity index (χ0v) is 13.7. The minimum atomic E-state index is -4.67. The third-order valence-corrected chi connectivity index (χ3v) is 3.87. The average molecular weight is 384 g/mol. The van der Waals surface area contributed by atoms with Crippen molar-refractivity contribution in [3.05, 3.63) is 35.6 Å². The molecule has 0 atom stereocenters. The van der Waals surface area contributed by atoms with E-state index in [-0.39, 0.29) is 22.4 Å². The zero-order chi connectivity index (χ0) is 18.5. The van der Waals surface area contributed by atoms with Gasteiger partial charge in [0.05, 0.1) is 19.0 Å². The van der Waals surface area contributed by atoms with Gasteiger partial charge in [0, 0.05) is 12.4 Å². The van der Waals surface area contributed by atoms with Crippen molar-refractivity contribution in [2.45, 2.75) is 6.18 Å². The van der Waals surface area contributed by atoms with Crippen LogP contribution in [0.15, 0.2) is 24.8 Å². The Kier molecular flexibility index (Phi) is 3.61. The number of nitrogens with zero attached hydrogens (tertiary/aromatic N) is 5. The first-order chi connectivity index (χ1) is 12.4. The highest BCUT2D eigenvalue weighted by Gasteiger charge is 2.36. The SMILES string of the molecule is COc1nc2c(-n3ccnc3)c(-c3nc(C(F)(F)F)n[nH]3)[nH]c2cc1Cl. The summed E-state index contributed by atoms with van der Waals surface area (Å²) in [7, 11) is 1.41. The minimum absolute atomic E-state index is 0.103. The van der Waals surface area contributed by atoms with Gasteiger partial charge in [0.1, 0.15) is 21.9 Å². The van der Waals surface area contributed by atoms with E-state index in [0.717, 1.165) is 0 Å². The second-order valence-corrected chi connectivity index (χ2v) is 5.61. The molecule has 0 aliphatic rings. The smallest absolute Gasteiger partial charge is 0.453 e. The lowest BCUT2D eigenvalue weighted by Crippen LogP contribution is -2.07. The number of hydrogen-bond donors (Lipinski definition) is 2. The van der Waals surface area contributed by atoms with Crippen LogP contribution < -0.4 is 4.74 Å². The van der Waals surface area contributed by atoms with E-state index in [4.69, 9.17) is 16.3 Å². The molecule has 8 nitrogen and oxygen atoms in total. The Morgan fingerprint density at radius 3 is 2.69 bits per heavy atom. The molecule has 4 aromatic rings. The molecule has 12 heteroatoms. The summed E-state index contributed by atoms with van der Waals surface area (Å²) in [6, 6.07) is 1.56. The largest absolute Gasteiger partial charge is 0.480 e. The molecule has 4 heterocycles. The summed E-state index contributed by atoms with van der Waals surface area (Å²) < 4.78 is 45.2. The van der Waals surface area contributed by atoms with Gasteiger partial charge in [-0.3, -0.25) is 5.10 Å². The number of halogens is 4. The molecule has 2 N–H and O–H groups in total. The van der Waals surface area contributed by atoms with Crippen LogP contribution in [0.3, 0.4) is 0 Å². The Labute approximate surface area is 148 Å². The van der Waals surface area contributed by atoms with E-state index < -0.39 is 12.0 Å². The third kappa shape index (κ3) is 2.56. The molecule has 0 bridgehead atoms. The Morgan fingerprint density at radius 1 is 1.27 bits per heavy atom. The maximum absolute atomic E-state index is 12.8. The van der Waals surface area contributed by atoms with Crippen LogP contribution in [0.1, 0.15) is 5.82 Å². The highest BCUT2D eigenvalue weighted by molar-refractivity contribution is 6.32. The van der Waals surface area contributed by atoms with E-state index >= 15 is 0 Å². The van der Waals surface area contributed by atoms with Crippen LogP contribution in [0.4, 0.5) is 13.2 Å². The maximum atomic E-state index is 12.8. The number of nitrogens with one attached hydrogen (secondary N) is 2. The van der Waals surface area contributed by atoms with Gasteiger partial charge in [-0.1, -0.05) is 11.6 Å². The van der Waals surface area contributed by atoms with Gasteiger partial charge in [-0.15, -0.1) is 5.10 Å². The quantitative estimate of drug-likeness (QED) is 0.566. The van der Waals surface area contributed by atoms with Gasteiger partial charge in [0.15, 0.2) is 5.82 Å². The summed E-state index contributed by atoms with van der Waals surface area (Å²) >= 11 is 6.09. The van der Waals surface area contributed by atoms with Crippen LogP contribution in [-0.4, -0.2) is 41.8 Å². The van der Waals surface area contributed by atoms with Crippen molar-refractivity contribution in [2.24, 2.45) is 0 Å². The molecular weight excluding hydrogens is 375 g/mol. The number of fused-ring (bicyclic) bond motifs is 1. The molecular formula is C14H9ClF3N7O. The molecule has 0 amide bonds. The average Bonchev–Trinajstić information content (AvgIpc) is 3.31. The fraction of sp³-hybridized carbons (Fsp3) is 0.143. The Balaban J connectivity index is 2.00. The molecule has 26 heavy (non-hydrogen) atoms. The molecule has 0 saturated heterocycles. The van der Waals surface area contributed by atoms with Gasteiger partial charge < -0.3 is 14.3 Å². The normalized spacial score (nSPS) is 12.0. The van der Waals surface area contributed by atoms with E-state index in [1.54, 1.807) is 16.8 Å². The standard InChI is InChI=1S/C14H9ClF3N7O/c1-26-12-6(15)4-7-8(21-12)10(25-3-2-19-5-25)9(20-7)11-22-13(24-23-11)14(16,17)18/h2-5,20H,1H3,(H,22,23,24). The van der Waals surface area contributed by atoms with Gasteiger partial charge in [0.2, 0.25) is 5.88 Å². The Hall–Kier alpha value is -3.08. The molecule has 0 saturated carbocycles. The number of aromatic nitrogens is 7. The Bertz CT molecular complexity index is 1080. The molecule has 134 valence electrons. The summed E-state index contributed by atoms with van der Waals surface area (Å²) in [5, 5.41) is 5.78. The first kappa shape index (κ1) is 16.4. The summed E-state index contributed by atoms with van der Waals surface area (Å²) in [5.74, 6) is -1.19. The van der Waals surface area contributed by atoms with Crippen LogP contribution >= 0.6 is 11.6 Å². The number of imidazole rings is 1. The van der Waals surface area contributed by atoms with Crippen molar-refractivity contribution in [2.75, 3.05) is 7.11 Å². The van der Waals surface area contributed by atoms with E-state index in [2.05, 4.69) is 30.1 Å². The molecule has 0 aromatic carbocycles. The van der Waals surface area contributed by atoms with Crippen LogP contribution in [0.2, 0.25) is 5.02 Å². The topological polar surface area (TPSA) is 97.3 Å². The van der Waals surface area contributed by atoms with Gasteiger partial charge >= 0.3 is 6.18 Å². The maximum Gasteiger partial charge on any atom is 0.453 e. The summed E-state index contributed by atoms with van der Waals surface area (Å²) in [5.41, 5.74) is 1.58. The highest BCUT2D eigenvalue weighted by atomic mass is 35.5. The monoisotopic (exact) mass is 383 g/mol. The second-order valence-electron chi connectivity index (χ2n) is 5.20. The number of pyridine rings is 1. The van der Waals surface area contributed by atoms with Crippen molar-refractivity contribution < 1.29 is 17.9 Å². The van der Waals surface area contributed by atoms with Gasteiger partial charge in [-0.2, -0.15) is 13.2 Å². The highest BCUT2D eigenvalue weighted by Crippen LogP contribution is 2.36. The van der Waals surface area contributed by atoms with E-state index in [9.17, 15) is 13.2 Å². The van der Waals surface area contributed by atoms with Crippen molar-refractivity contribution in [1.82, 2.24) is 34.7 Å². The zero-order valence-electron chi connectivity index (χ0n) is 13.0. The molecule has 0 spiro atoms. The number of alkyl halides is 3. The number of methoxy groups -OCH3 is 1. The summed E-state index contributed by atoms with van der Waals surface area (Å²) in [6.07, 6.45) is -0.0379. The molecule has 0 aliphatic carbocycles. The predicted octanol–water partition coefficient (Wildman–Crippen LogP) is 3.21. The third-order valence-electron chi connectivity index (χ3n) is 3.60. The predicted molar refractivity (Wildman–Crippen MR) is 85.2 cm³/mol. The lowest BCUT2D eigenvalue weighted by atomic mass is 10.3. The number of aromatic amines is 2. The lowest BCUT2D eigenvalue weighted by molar-refractivity contribution is -0.144. The fourth-order valence-corrected chi connectivity index (χ4v) is 2.75. The number of H-pyrrole nitrogens is 2. The van der Waals surface area contributed by atoms with Gasteiger partial charge in [-0.05, 0) is 6.07 Å². The molecule has 0 aliphatic heterocycles. The van der Waals surface area contributed by atoms with Crippen molar-refractivity contribution >= 4 is 22.6 Å². The van der Waals surface area contributed by atoms with E-state index in [1.807, 2.05) is 0 Å². The number of hydrogen-bond acceptors (Lipinski definition) is 5. The summed E-state index contributed by atoms with van der Waals surface area (Å²) in [6.45, 7) is 0. The van der Waals surface area contributed by atoms with Crippen molar-refractivity contribution in [1.29, 1.82) is 0 Å². The first-order valence-electron chi connectivity index (χ1n) is 7.13. The minimum Gasteiger partial charge on any atom is -0.480 e.